The van der Waals surface area contributed by atoms with E-state index in [4.69, 9.17) is 53.5 Å². The third-order valence-corrected chi connectivity index (χ3v) is 0. The van der Waals surface area contributed by atoms with Crippen LogP contribution in [0.4, 0.5) is 0 Å². The minimum absolute atomic E-state index is 0. The van der Waals surface area contributed by atoms with Gasteiger partial charge < -0.3 is 0 Å². The molecule has 0 N–H and O–H groups in total. The van der Waals surface area contributed by atoms with Gasteiger partial charge in [-0.1, -0.05) is 0 Å². The molecule has 15 nitrogen and oxygen atoms in total. The molecule has 120 valence electrons. The van der Waals surface area contributed by atoms with Crippen LogP contribution in [0, 0.1) is 71.2 Å². The van der Waals surface area contributed by atoms with Crippen LogP contribution < -0.4 is 36.9 Å². The zero-order chi connectivity index (χ0) is 17.9. The van der Waals surface area contributed by atoms with Crippen molar-refractivity contribution in [3.8, 4) is 0 Å². The summed E-state index contributed by atoms with van der Waals surface area (Å²) in [4.78, 5) is 0. The Kier molecular flexibility index (Phi) is 122. The van der Waals surface area contributed by atoms with E-state index in [1.54, 1.807) is 0 Å². The van der Waals surface area contributed by atoms with Crippen molar-refractivity contribution in [3.05, 3.63) is 0 Å². The maximum absolute atomic E-state index is 8.58. The molecule has 0 fully saturated rings. The molecule has 0 bridgehead atoms. The summed E-state index contributed by atoms with van der Waals surface area (Å²) in [6.45, 7) is 0. The molecular weight excluding hydrogens is 888 g/mol. The van der Waals surface area contributed by atoms with Gasteiger partial charge in [0.2, 0.25) is 0 Å². The van der Waals surface area contributed by atoms with Crippen LogP contribution in [-0.2, 0) is 149 Å². The second kappa shape index (κ2) is 51.5. The summed E-state index contributed by atoms with van der Waals surface area (Å²) in [5.41, 5.74) is 0. The van der Waals surface area contributed by atoms with Crippen LogP contribution in [0.2, 0.25) is 0 Å². The van der Waals surface area contributed by atoms with E-state index in [9.17, 15) is 0 Å². The molecule has 0 saturated carbocycles. The fraction of sp³-hybridized carbons (Fsp3) is 0. The Morgan fingerprint density at radius 3 is 0.333 bits per heavy atom. The fourth-order valence-electron chi connectivity index (χ4n) is 0. The van der Waals surface area contributed by atoms with Crippen molar-refractivity contribution in [1.29, 1.82) is 0 Å². The van der Waals surface area contributed by atoms with Gasteiger partial charge >= 0.3 is 257 Å². The van der Waals surface area contributed by atoms with Crippen molar-refractivity contribution in [1.82, 2.24) is 0 Å². The molecule has 0 saturated heterocycles. The molecule has 0 rings (SSSR count). The first-order valence-electron chi connectivity index (χ1n) is 3.06. The average molecular weight is 888 g/mol. The van der Waals surface area contributed by atoms with Gasteiger partial charge in [0.1, 0.15) is 0 Å². The number of hydrogen-bond donors (Lipinski definition) is 0. The third-order valence-electron chi connectivity index (χ3n) is 0. The quantitative estimate of drug-likeness (QED) is 0.204. The van der Waals surface area contributed by atoms with Gasteiger partial charge in [-0.3, -0.25) is 0 Å². The summed E-state index contributed by atoms with van der Waals surface area (Å²) in [7, 11) is 0. The van der Waals surface area contributed by atoms with Gasteiger partial charge in [-0.15, -0.1) is 0 Å². The van der Waals surface area contributed by atoms with Gasteiger partial charge in [-0.25, -0.2) is 0 Å². The molecule has 0 spiro atoms. The average Bonchev–Trinajstić information content (AvgIpc) is 1.94. The van der Waals surface area contributed by atoms with Crippen LogP contribution in [0.3, 0.4) is 0 Å². The van der Waals surface area contributed by atoms with Crippen molar-refractivity contribution in [2.75, 3.05) is 0 Å². The second-order valence-corrected chi connectivity index (χ2v) is 5.15. The molecule has 0 aromatic carbocycles. The topological polar surface area (TPSA) is 316 Å². The van der Waals surface area contributed by atoms with Crippen molar-refractivity contribution in [3.63, 3.8) is 0 Å². The summed E-state index contributed by atoms with van der Waals surface area (Å²) in [5.74, 6) is 0. The van der Waals surface area contributed by atoms with E-state index in [1.165, 1.54) is 0 Å². The van der Waals surface area contributed by atoms with Crippen LogP contribution in [0.15, 0.2) is 0 Å². The fourth-order valence-corrected chi connectivity index (χ4v) is 0. The van der Waals surface area contributed by atoms with E-state index in [2.05, 4.69) is 0 Å². The van der Waals surface area contributed by atoms with E-state index < -0.39 is 93.1 Å². The minimum Gasteiger partial charge on any atom is 2.00 e. The van der Waals surface area contributed by atoms with Crippen LogP contribution in [0.25, 0.3) is 0 Å². The predicted molar refractivity (Wildman–Crippen MR) is 3.43 cm³/mol. The Bertz CT molecular complexity index is 221. The minimum atomic E-state index is -4.08. The molecule has 0 aromatic heterocycles. The third kappa shape index (κ3) is 592. The van der Waals surface area contributed by atoms with Crippen molar-refractivity contribution >= 4 is 0 Å². The molecule has 24 heteroatoms. The first-order chi connectivity index (χ1) is 8.66. The molecule has 0 atom stereocenters. The Balaban J connectivity index is -0.0000000161. The van der Waals surface area contributed by atoms with Crippen LogP contribution in [0.5, 0.6) is 0 Å². The first-order valence-corrected chi connectivity index (χ1v) is 12.6. The molecule has 0 aromatic rings. The summed E-state index contributed by atoms with van der Waals surface area (Å²) in [5, 5.41) is 0. The first kappa shape index (κ1) is 57.1. The van der Waals surface area contributed by atoms with E-state index in [0.717, 1.165) is 0 Å². The SMILES string of the molecule is [La+3].[La+3].[O]=[Ti]([O-])[O-].[O]=[Ti]([O-])[O-].[O]=[Ti]([O-])[O-].[O]=[Ti]([O-])[O-].[O]=[Ti]([O-])[O-].[Zn+2].[Zn+2]. The number of hydrogen-bond acceptors (Lipinski definition) is 15. The van der Waals surface area contributed by atoms with Gasteiger partial charge in [-0.2, -0.15) is 0 Å². The maximum atomic E-state index is 8.58. The molecule has 0 amide bonds. The summed E-state index contributed by atoms with van der Waals surface area (Å²) >= 11 is -20.4. The smallest absolute Gasteiger partial charge is 2.00 e. The molecule has 24 heavy (non-hydrogen) atoms. The van der Waals surface area contributed by atoms with Crippen LogP contribution in [0.1, 0.15) is 0 Å². The van der Waals surface area contributed by atoms with Crippen LogP contribution in [-0.4, -0.2) is 0 Å². The largest absolute Gasteiger partial charge is 2.00 e. The maximum Gasteiger partial charge on any atom is 2.00 e. The molecular formula is La2O15Ti5Zn2. The Morgan fingerprint density at radius 1 is 0.333 bits per heavy atom. The summed E-state index contributed by atoms with van der Waals surface area (Å²) in [6, 6.07) is 0. The zero-order valence-corrected chi connectivity index (χ0v) is 32.2. The van der Waals surface area contributed by atoms with Gasteiger partial charge in [0.15, 0.2) is 0 Å². The number of rotatable bonds is 0. The van der Waals surface area contributed by atoms with Crippen LogP contribution >= 0.6 is 0 Å². The predicted octanol–water partition coefficient (Wildman–Crippen LogP) is -12.5. The molecule has 0 unspecified atom stereocenters. The normalized spacial score (nSPS) is 5.42. The standard InChI is InChI=1S/2La.15O.5Ti.2Zn/q2*+3;;;;;;10*-1;;;;;;2*+2. The Hall–Kier alpha value is 5.81. The second-order valence-electron chi connectivity index (χ2n) is 1.25. The molecule has 0 aliphatic carbocycles. The van der Waals surface area contributed by atoms with E-state index >= 15 is 0 Å². The van der Waals surface area contributed by atoms with Crippen molar-refractivity contribution in [2.24, 2.45) is 0 Å². The van der Waals surface area contributed by atoms with Gasteiger partial charge in [0.25, 0.3) is 0 Å². The van der Waals surface area contributed by atoms with Gasteiger partial charge in [0.05, 0.1) is 0 Å². The monoisotopic (exact) mass is 885 g/mol. The summed E-state index contributed by atoms with van der Waals surface area (Å²) in [6.07, 6.45) is 0. The Labute approximate surface area is 250 Å². The van der Waals surface area contributed by atoms with Crippen molar-refractivity contribution < 1.29 is 257 Å². The van der Waals surface area contributed by atoms with E-state index in [0.29, 0.717) is 0 Å². The molecule has 0 heterocycles. The molecule has 0 aliphatic heterocycles. The zero-order valence-electron chi connectivity index (χ0n) is 11.2. The summed E-state index contributed by atoms with van der Waals surface area (Å²) < 4.78 is 129. The van der Waals surface area contributed by atoms with Gasteiger partial charge in [0, 0.05) is 0 Å². The van der Waals surface area contributed by atoms with E-state index in [1.807, 2.05) is 0 Å². The van der Waals surface area contributed by atoms with Gasteiger partial charge in [-0.05, 0) is 0 Å². The molecule has 0 aliphatic rings. The van der Waals surface area contributed by atoms with E-state index in [-0.39, 0.29) is 110 Å². The van der Waals surface area contributed by atoms with Crippen molar-refractivity contribution in [2.45, 2.75) is 0 Å². The molecule has 0 radical (unpaired) electrons. The Morgan fingerprint density at radius 2 is 0.333 bits per heavy atom.